The van der Waals surface area contributed by atoms with Crippen molar-refractivity contribution in [2.45, 2.75) is 50.5 Å². The lowest BCUT2D eigenvalue weighted by atomic mass is 9.98. The Labute approximate surface area is 177 Å². The number of anilines is 1. The molecule has 2 amide bonds. The zero-order valence-corrected chi connectivity index (χ0v) is 16.8. The van der Waals surface area contributed by atoms with E-state index < -0.39 is 43.2 Å². The fourth-order valence-corrected chi connectivity index (χ4v) is 3.08. The molecule has 12 nitrogen and oxygen atoms in total. The molecule has 5 atom stereocenters. The largest absolute Gasteiger partial charge is 0.394 e. The number of carbonyl (C=O) groups is 2. The van der Waals surface area contributed by atoms with Gasteiger partial charge in [0.15, 0.2) is 6.23 Å². The summed E-state index contributed by atoms with van der Waals surface area (Å²) < 4.78 is 6.55. The third-order valence-electron chi connectivity index (χ3n) is 4.85. The van der Waals surface area contributed by atoms with Crippen LogP contribution in [0, 0.1) is 0 Å². The van der Waals surface area contributed by atoms with Crippen LogP contribution in [0.25, 0.3) is 0 Å². The highest BCUT2D eigenvalue weighted by molar-refractivity contribution is 5.97. The van der Waals surface area contributed by atoms with Crippen LogP contribution in [0.5, 0.6) is 0 Å². The number of nitrogens with one attached hydrogen (secondary N) is 2. The number of aromatic nitrogens is 3. The Hall–Kier alpha value is -2.90. The minimum Gasteiger partial charge on any atom is -0.394 e. The monoisotopic (exact) mass is 435 g/mol. The van der Waals surface area contributed by atoms with Crippen LogP contribution in [0.1, 0.15) is 35.6 Å². The first-order chi connectivity index (χ1) is 14.8. The SMILES string of the molecule is CCC(=O)Nc1cccc(C(=O)NCc2cn([C@@H]3O[C@H](CO)[C@H](O)[C@H](O)[C@H]3O)nn2)c1. The number of hydrogen-bond donors (Lipinski definition) is 6. The summed E-state index contributed by atoms with van der Waals surface area (Å²) >= 11 is 0. The zero-order valence-electron chi connectivity index (χ0n) is 16.8. The maximum absolute atomic E-state index is 12.4. The van der Waals surface area contributed by atoms with Crippen LogP contribution in [0.15, 0.2) is 30.5 Å². The van der Waals surface area contributed by atoms with Crippen molar-refractivity contribution in [3.05, 3.63) is 41.7 Å². The first kappa shape index (κ1) is 22.8. The van der Waals surface area contributed by atoms with Crippen LogP contribution in [-0.4, -0.2) is 78.3 Å². The molecule has 1 aliphatic heterocycles. The average Bonchev–Trinajstić information content (AvgIpc) is 3.25. The molecule has 3 rings (SSSR count). The van der Waals surface area contributed by atoms with E-state index in [1.165, 1.54) is 6.20 Å². The predicted molar refractivity (Wildman–Crippen MR) is 106 cm³/mol. The number of hydrogen-bond acceptors (Lipinski definition) is 9. The molecule has 168 valence electrons. The fourth-order valence-electron chi connectivity index (χ4n) is 3.08. The Balaban J connectivity index is 1.62. The molecule has 12 heteroatoms. The van der Waals surface area contributed by atoms with Crippen LogP contribution in [0.2, 0.25) is 0 Å². The number of rotatable bonds is 7. The summed E-state index contributed by atoms with van der Waals surface area (Å²) in [6, 6.07) is 6.47. The molecule has 0 unspecified atom stereocenters. The van der Waals surface area contributed by atoms with Gasteiger partial charge in [-0.15, -0.1) is 5.10 Å². The Morgan fingerprint density at radius 3 is 2.68 bits per heavy atom. The molecule has 0 radical (unpaired) electrons. The molecule has 2 heterocycles. The van der Waals surface area contributed by atoms with Crippen molar-refractivity contribution in [2.24, 2.45) is 0 Å². The zero-order chi connectivity index (χ0) is 22.5. The third-order valence-corrected chi connectivity index (χ3v) is 4.85. The van der Waals surface area contributed by atoms with Gasteiger partial charge in [0, 0.05) is 17.7 Å². The van der Waals surface area contributed by atoms with Crippen LogP contribution >= 0.6 is 0 Å². The van der Waals surface area contributed by atoms with Gasteiger partial charge in [-0.05, 0) is 18.2 Å². The highest BCUT2D eigenvalue weighted by atomic mass is 16.6. The summed E-state index contributed by atoms with van der Waals surface area (Å²) in [6.07, 6.45) is -5.03. The van der Waals surface area contributed by atoms with Crippen molar-refractivity contribution in [3.8, 4) is 0 Å². The molecule has 1 aliphatic rings. The second kappa shape index (κ2) is 9.94. The van der Waals surface area contributed by atoms with Gasteiger partial charge in [0.1, 0.15) is 30.1 Å². The molecule has 1 fully saturated rings. The van der Waals surface area contributed by atoms with Gasteiger partial charge in [-0.25, -0.2) is 4.68 Å². The second-order valence-electron chi connectivity index (χ2n) is 7.07. The van der Waals surface area contributed by atoms with E-state index in [-0.39, 0.29) is 12.5 Å². The molecule has 0 bridgehead atoms. The molecule has 0 saturated carbocycles. The van der Waals surface area contributed by atoms with Gasteiger partial charge in [-0.1, -0.05) is 18.2 Å². The van der Waals surface area contributed by atoms with E-state index in [0.717, 1.165) is 4.68 Å². The summed E-state index contributed by atoms with van der Waals surface area (Å²) in [5.41, 5.74) is 1.20. The minimum absolute atomic E-state index is 0.0157. The summed E-state index contributed by atoms with van der Waals surface area (Å²) in [7, 11) is 0. The number of aliphatic hydroxyl groups is 4. The summed E-state index contributed by atoms with van der Waals surface area (Å²) in [6.45, 7) is 1.18. The van der Waals surface area contributed by atoms with Crippen LogP contribution < -0.4 is 10.6 Å². The number of aliphatic hydroxyl groups excluding tert-OH is 4. The highest BCUT2D eigenvalue weighted by Crippen LogP contribution is 2.27. The molecule has 1 aromatic carbocycles. The quantitative estimate of drug-likeness (QED) is 0.303. The Kier molecular flexibility index (Phi) is 7.30. The molecule has 0 aliphatic carbocycles. The molecular weight excluding hydrogens is 410 g/mol. The van der Waals surface area contributed by atoms with Gasteiger partial charge in [0.05, 0.1) is 19.3 Å². The number of nitrogens with zero attached hydrogens (tertiary/aromatic N) is 3. The van der Waals surface area contributed by atoms with E-state index in [1.54, 1.807) is 31.2 Å². The minimum atomic E-state index is -1.54. The van der Waals surface area contributed by atoms with Crippen molar-refractivity contribution < 1.29 is 34.8 Å². The van der Waals surface area contributed by atoms with E-state index >= 15 is 0 Å². The maximum Gasteiger partial charge on any atom is 0.251 e. The summed E-state index contributed by atoms with van der Waals surface area (Å²) in [5.74, 6) is -0.558. The van der Waals surface area contributed by atoms with Crippen molar-refractivity contribution in [2.75, 3.05) is 11.9 Å². The third kappa shape index (κ3) is 5.24. The molecule has 1 aromatic heterocycles. The number of carbonyl (C=O) groups excluding carboxylic acids is 2. The first-order valence-corrected chi connectivity index (χ1v) is 9.73. The van der Waals surface area contributed by atoms with E-state index in [0.29, 0.717) is 23.4 Å². The smallest absolute Gasteiger partial charge is 0.251 e. The van der Waals surface area contributed by atoms with Gasteiger partial charge >= 0.3 is 0 Å². The molecule has 31 heavy (non-hydrogen) atoms. The van der Waals surface area contributed by atoms with Crippen LogP contribution in [0.4, 0.5) is 5.69 Å². The second-order valence-corrected chi connectivity index (χ2v) is 7.07. The van der Waals surface area contributed by atoms with E-state index in [1.807, 2.05) is 0 Å². The Bertz CT molecular complexity index is 919. The highest BCUT2D eigenvalue weighted by Gasteiger charge is 2.44. The Morgan fingerprint density at radius 1 is 1.19 bits per heavy atom. The lowest BCUT2D eigenvalue weighted by molar-refractivity contribution is -0.254. The van der Waals surface area contributed by atoms with Crippen molar-refractivity contribution in [1.82, 2.24) is 20.3 Å². The molecule has 0 spiro atoms. The number of amides is 2. The van der Waals surface area contributed by atoms with Crippen LogP contribution in [-0.2, 0) is 16.1 Å². The summed E-state index contributed by atoms with van der Waals surface area (Å²) in [4.78, 5) is 23.9. The lowest BCUT2D eigenvalue weighted by Crippen LogP contribution is -2.56. The van der Waals surface area contributed by atoms with E-state index in [9.17, 15) is 30.0 Å². The number of benzene rings is 1. The van der Waals surface area contributed by atoms with Crippen molar-refractivity contribution in [3.63, 3.8) is 0 Å². The summed E-state index contributed by atoms with van der Waals surface area (Å²) in [5, 5.41) is 52.3. The lowest BCUT2D eigenvalue weighted by Gasteiger charge is -2.39. The molecule has 1 saturated heterocycles. The van der Waals surface area contributed by atoms with E-state index in [4.69, 9.17) is 4.74 Å². The van der Waals surface area contributed by atoms with Gasteiger partial charge in [-0.3, -0.25) is 9.59 Å². The van der Waals surface area contributed by atoms with Gasteiger partial charge in [0.25, 0.3) is 5.91 Å². The van der Waals surface area contributed by atoms with Crippen molar-refractivity contribution >= 4 is 17.5 Å². The predicted octanol–water partition coefficient (Wildman–Crippen LogP) is -1.47. The average molecular weight is 435 g/mol. The van der Waals surface area contributed by atoms with Gasteiger partial charge in [0.2, 0.25) is 5.91 Å². The number of ether oxygens (including phenoxy) is 1. The van der Waals surface area contributed by atoms with E-state index in [2.05, 4.69) is 20.9 Å². The molecule has 2 aromatic rings. The maximum atomic E-state index is 12.4. The van der Waals surface area contributed by atoms with Gasteiger partial charge < -0.3 is 35.8 Å². The first-order valence-electron chi connectivity index (χ1n) is 9.73. The normalized spacial score (nSPS) is 25.8. The Morgan fingerprint density at radius 2 is 1.97 bits per heavy atom. The molecular formula is C19H25N5O7. The standard InChI is InChI=1S/C19H25N5O7/c1-2-14(26)21-11-5-3-4-10(6-11)18(30)20-7-12-8-24(23-22-12)19-17(29)16(28)15(27)13(9-25)31-19/h3-6,8,13,15-17,19,25,27-29H,2,7,9H2,1H3,(H,20,30)(H,21,26)/t13-,15+,16+,17-,19-/m1/s1. The topological polar surface area (TPSA) is 179 Å². The van der Waals surface area contributed by atoms with Crippen LogP contribution in [0.3, 0.4) is 0 Å². The molecule has 6 N–H and O–H groups in total. The van der Waals surface area contributed by atoms with Gasteiger partial charge in [-0.2, -0.15) is 0 Å². The van der Waals surface area contributed by atoms with Crippen molar-refractivity contribution in [1.29, 1.82) is 0 Å². The fraction of sp³-hybridized carbons (Fsp3) is 0.474.